The standard InChI is InChI=1S/C30H33N5O2/c1-20-26-18-33-28(34-29(36)27-15-30(27)10-3-11-35(2)19-30)14-25(26)23(17-31-20)5-7-24-6-4-22(16-32-24)21-8-12-37-13-9-21/h4,6,14,16-18,21,27H,3,8-13,15,19H2,1-2H3,(H,33,34,36)/t27-,30-/m0/s1. The zero-order chi connectivity index (χ0) is 25.4. The minimum absolute atomic E-state index is 0.0707. The number of hydrogen-bond donors (Lipinski definition) is 1. The van der Waals surface area contributed by atoms with Crippen LogP contribution >= 0.6 is 0 Å². The molecule has 1 aliphatic carbocycles. The normalized spacial score (nSPS) is 24.0. The van der Waals surface area contributed by atoms with Crippen molar-refractivity contribution < 1.29 is 9.53 Å². The van der Waals surface area contributed by atoms with E-state index in [0.29, 0.717) is 11.7 Å². The van der Waals surface area contributed by atoms with E-state index in [2.05, 4.69) is 50.1 Å². The molecule has 1 saturated carbocycles. The number of anilines is 1. The summed E-state index contributed by atoms with van der Waals surface area (Å²) >= 11 is 0. The number of amides is 1. The molecule has 37 heavy (non-hydrogen) atoms. The topological polar surface area (TPSA) is 80.2 Å². The average Bonchev–Trinajstić information content (AvgIpc) is 3.61. The van der Waals surface area contributed by atoms with Gasteiger partial charge in [-0.1, -0.05) is 12.0 Å². The second kappa shape index (κ2) is 9.85. The predicted molar refractivity (Wildman–Crippen MR) is 143 cm³/mol. The van der Waals surface area contributed by atoms with Crippen LogP contribution in [0.1, 0.15) is 60.5 Å². The van der Waals surface area contributed by atoms with E-state index in [4.69, 9.17) is 4.74 Å². The minimum Gasteiger partial charge on any atom is -0.381 e. The number of nitrogens with one attached hydrogen (secondary N) is 1. The molecular weight excluding hydrogens is 462 g/mol. The summed E-state index contributed by atoms with van der Waals surface area (Å²) in [6.07, 6.45) is 10.9. The molecule has 7 nitrogen and oxygen atoms in total. The number of ether oxygens (including phenoxy) is 1. The lowest BCUT2D eigenvalue weighted by Crippen LogP contribution is -2.35. The van der Waals surface area contributed by atoms with Crippen LogP contribution in [0, 0.1) is 30.1 Å². The van der Waals surface area contributed by atoms with E-state index in [0.717, 1.165) is 86.1 Å². The number of pyridine rings is 3. The van der Waals surface area contributed by atoms with Crippen LogP contribution in [0.2, 0.25) is 0 Å². The van der Waals surface area contributed by atoms with Gasteiger partial charge in [0.15, 0.2) is 0 Å². The minimum atomic E-state index is 0.0707. The third kappa shape index (κ3) is 4.96. The fourth-order valence-electron chi connectivity index (χ4n) is 6.10. The molecule has 2 aliphatic heterocycles. The molecule has 3 aromatic heterocycles. The van der Waals surface area contributed by atoms with Crippen LogP contribution in [0.25, 0.3) is 10.8 Å². The Balaban J connectivity index is 1.21. The van der Waals surface area contributed by atoms with Crippen molar-refractivity contribution in [1.82, 2.24) is 19.9 Å². The van der Waals surface area contributed by atoms with Gasteiger partial charge in [-0.15, -0.1) is 0 Å². The molecule has 1 N–H and O–H groups in total. The summed E-state index contributed by atoms with van der Waals surface area (Å²) in [4.78, 5) is 29.1. The van der Waals surface area contributed by atoms with Gasteiger partial charge >= 0.3 is 0 Å². The van der Waals surface area contributed by atoms with Gasteiger partial charge in [0.25, 0.3) is 0 Å². The molecule has 0 unspecified atom stereocenters. The van der Waals surface area contributed by atoms with E-state index in [1.807, 2.05) is 25.3 Å². The maximum Gasteiger partial charge on any atom is 0.229 e. The second-order valence-corrected chi connectivity index (χ2v) is 10.9. The van der Waals surface area contributed by atoms with E-state index >= 15 is 0 Å². The molecule has 2 atom stereocenters. The number of carbonyl (C=O) groups is 1. The Morgan fingerprint density at radius 3 is 2.76 bits per heavy atom. The van der Waals surface area contributed by atoms with Crippen molar-refractivity contribution in [2.24, 2.45) is 11.3 Å². The summed E-state index contributed by atoms with van der Waals surface area (Å²) < 4.78 is 5.47. The number of nitrogens with zero attached hydrogens (tertiary/aromatic N) is 4. The lowest BCUT2D eigenvalue weighted by molar-refractivity contribution is -0.118. The predicted octanol–water partition coefficient (Wildman–Crippen LogP) is 4.30. The van der Waals surface area contributed by atoms with E-state index in [1.165, 1.54) is 5.56 Å². The molecule has 3 aromatic rings. The van der Waals surface area contributed by atoms with Crippen molar-refractivity contribution in [3.8, 4) is 11.8 Å². The van der Waals surface area contributed by atoms with Crippen molar-refractivity contribution in [3.05, 3.63) is 59.3 Å². The van der Waals surface area contributed by atoms with E-state index in [9.17, 15) is 4.79 Å². The maximum atomic E-state index is 13.1. The monoisotopic (exact) mass is 495 g/mol. The first kappa shape index (κ1) is 24.0. The van der Waals surface area contributed by atoms with Crippen molar-refractivity contribution in [2.75, 3.05) is 38.7 Å². The van der Waals surface area contributed by atoms with Gasteiger partial charge < -0.3 is 15.0 Å². The van der Waals surface area contributed by atoms with Crippen molar-refractivity contribution in [3.63, 3.8) is 0 Å². The highest BCUT2D eigenvalue weighted by Gasteiger charge is 2.58. The van der Waals surface area contributed by atoms with Crippen LogP contribution < -0.4 is 5.32 Å². The van der Waals surface area contributed by atoms with E-state index in [1.54, 1.807) is 12.4 Å². The Bertz CT molecular complexity index is 1390. The third-order valence-corrected chi connectivity index (χ3v) is 8.33. The van der Waals surface area contributed by atoms with Crippen molar-refractivity contribution >= 4 is 22.5 Å². The van der Waals surface area contributed by atoms with Gasteiger partial charge in [0.2, 0.25) is 5.91 Å². The van der Waals surface area contributed by atoms with Crippen LogP contribution in [0.4, 0.5) is 5.82 Å². The maximum absolute atomic E-state index is 13.1. The van der Waals surface area contributed by atoms with Gasteiger partial charge in [0, 0.05) is 60.7 Å². The van der Waals surface area contributed by atoms with Gasteiger partial charge in [-0.2, -0.15) is 0 Å². The number of fused-ring (bicyclic) bond motifs is 1. The summed E-state index contributed by atoms with van der Waals surface area (Å²) in [5, 5.41) is 4.95. The molecule has 7 heteroatoms. The van der Waals surface area contributed by atoms with Crippen molar-refractivity contribution in [1.29, 1.82) is 0 Å². The van der Waals surface area contributed by atoms with E-state index in [-0.39, 0.29) is 17.2 Å². The van der Waals surface area contributed by atoms with Crippen LogP contribution in [-0.2, 0) is 9.53 Å². The molecule has 6 rings (SSSR count). The molecule has 1 spiro atoms. The smallest absolute Gasteiger partial charge is 0.229 e. The average molecular weight is 496 g/mol. The Morgan fingerprint density at radius 2 is 1.97 bits per heavy atom. The molecule has 0 bridgehead atoms. The number of rotatable bonds is 3. The number of carbonyl (C=O) groups excluding carboxylic acids is 1. The number of likely N-dealkylation sites (tertiary alicyclic amines) is 1. The fourth-order valence-corrected chi connectivity index (χ4v) is 6.10. The highest BCUT2D eigenvalue weighted by molar-refractivity contribution is 5.97. The molecule has 2 saturated heterocycles. The third-order valence-electron chi connectivity index (χ3n) is 8.33. The molecule has 190 valence electrons. The summed E-state index contributed by atoms with van der Waals surface area (Å²) in [6, 6.07) is 6.05. The second-order valence-electron chi connectivity index (χ2n) is 10.9. The van der Waals surface area contributed by atoms with Gasteiger partial charge in [-0.25, -0.2) is 9.97 Å². The molecule has 3 fully saturated rings. The number of piperidine rings is 1. The highest BCUT2D eigenvalue weighted by atomic mass is 16.5. The van der Waals surface area contributed by atoms with Gasteiger partial charge in [-0.3, -0.25) is 9.78 Å². The Labute approximate surface area is 218 Å². The summed E-state index contributed by atoms with van der Waals surface area (Å²) in [7, 11) is 2.15. The largest absolute Gasteiger partial charge is 0.381 e. The first-order chi connectivity index (χ1) is 18.0. The van der Waals surface area contributed by atoms with Crippen LogP contribution in [0.15, 0.2) is 36.8 Å². The zero-order valence-corrected chi connectivity index (χ0v) is 21.6. The molecular formula is C30H33N5O2. The highest BCUT2D eigenvalue weighted by Crippen LogP contribution is 2.58. The van der Waals surface area contributed by atoms with Crippen molar-refractivity contribution in [2.45, 2.75) is 44.9 Å². The van der Waals surface area contributed by atoms with Crippen LogP contribution in [-0.4, -0.2) is 59.1 Å². The molecule has 5 heterocycles. The number of hydrogen-bond acceptors (Lipinski definition) is 6. The Hall–Kier alpha value is -3.34. The van der Waals surface area contributed by atoms with Gasteiger partial charge in [-0.05, 0) is 87.6 Å². The Morgan fingerprint density at radius 1 is 1.11 bits per heavy atom. The molecule has 1 amide bonds. The number of aryl methyl sites for hydroxylation is 1. The Kier molecular flexibility index (Phi) is 6.39. The van der Waals surface area contributed by atoms with Crippen LogP contribution in [0.5, 0.6) is 0 Å². The van der Waals surface area contributed by atoms with Gasteiger partial charge in [0.1, 0.15) is 11.5 Å². The van der Waals surface area contributed by atoms with Crippen LogP contribution in [0.3, 0.4) is 0 Å². The molecule has 3 aliphatic rings. The molecule has 0 aromatic carbocycles. The summed E-state index contributed by atoms with van der Waals surface area (Å²) in [5.74, 6) is 7.68. The molecule has 0 radical (unpaired) electrons. The quantitative estimate of drug-likeness (QED) is 0.546. The first-order valence-electron chi connectivity index (χ1n) is 13.3. The zero-order valence-electron chi connectivity index (χ0n) is 21.6. The fraction of sp³-hybridized carbons (Fsp3) is 0.467. The van der Waals surface area contributed by atoms with Gasteiger partial charge in [0.05, 0.1) is 5.56 Å². The van der Waals surface area contributed by atoms with E-state index < -0.39 is 0 Å². The first-order valence-corrected chi connectivity index (χ1v) is 13.3. The summed E-state index contributed by atoms with van der Waals surface area (Å²) in [6.45, 7) is 5.72. The lowest BCUT2D eigenvalue weighted by Gasteiger charge is -2.30. The summed E-state index contributed by atoms with van der Waals surface area (Å²) in [5.41, 5.74) is 3.81. The number of aromatic nitrogens is 3. The lowest BCUT2D eigenvalue weighted by atomic mass is 9.92. The SMILES string of the molecule is Cc1ncc(C#Cc2ccc(C3CCOCC3)cn2)c2cc(NC(=O)[C@@H]3C[C@]34CCCN(C)C4)ncc12.